The Morgan fingerprint density at radius 1 is 1.38 bits per heavy atom. The molecule has 0 aliphatic carbocycles. The van der Waals surface area contributed by atoms with E-state index < -0.39 is 12.1 Å². The Morgan fingerprint density at radius 2 is 2.12 bits per heavy atom. The molecule has 88 valence electrons. The number of aliphatic hydroxyl groups excluding tert-OH is 1. The number of rotatable bonds is 0. The number of hydrogen-bond acceptors (Lipinski definition) is 4. The van der Waals surface area contributed by atoms with E-state index in [9.17, 15) is 14.7 Å². The summed E-state index contributed by atoms with van der Waals surface area (Å²) in [6.07, 6.45) is 5.72. The van der Waals surface area contributed by atoms with Gasteiger partial charge in [0, 0.05) is 12.8 Å². The monoisotopic (exact) mass is 224 g/mol. The molecule has 0 saturated carbocycles. The first-order valence-corrected chi connectivity index (χ1v) is 5.31. The number of aliphatic hydroxyl groups is 1. The van der Waals surface area contributed by atoms with Gasteiger partial charge in [-0.2, -0.15) is 0 Å². The molecule has 0 aromatic rings. The van der Waals surface area contributed by atoms with Gasteiger partial charge in [-0.25, -0.2) is 0 Å². The lowest BCUT2D eigenvalue weighted by Crippen LogP contribution is -2.19. The van der Waals surface area contributed by atoms with Crippen LogP contribution < -0.4 is 0 Å². The Morgan fingerprint density at radius 3 is 2.88 bits per heavy atom. The van der Waals surface area contributed by atoms with Crippen molar-refractivity contribution in [2.24, 2.45) is 0 Å². The van der Waals surface area contributed by atoms with Gasteiger partial charge in [0.1, 0.15) is 6.10 Å². The third-order valence-electron chi connectivity index (χ3n) is 2.16. The van der Waals surface area contributed by atoms with Crippen LogP contribution in [0.1, 0.15) is 26.2 Å². The minimum atomic E-state index is -0.879. The van der Waals surface area contributed by atoms with E-state index in [1.807, 2.05) is 0 Å². The highest BCUT2D eigenvalue weighted by molar-refractivity contribution is 5.90. The maximum Gasteiger partial charge on any atom is 0.309 e. The molecule has 0 saturated heterocycles. The van der Waals surface area contributed by atoms with Crippen LogP contribution in [0.3, 0.4) is 0 Å². The van der Waals surface area contributed by atoms with Crippen LogP contribution in [0.4, 0.5) is 0 Å². The Kier molecular flexibility index (Phi) is 4.92. The maximum atomic E-state index is 11.3. The fraction of sp³-hybridized carbons (Fsp3) is 0.500. The number of carbonyl (C=O) groups excluding carboxylic acids is 2. The zero-order valence-electron chi connectivity index (χ0n) is 9.26. The van der Waals surface area contributed by atoms with Crippen molar-refractivity contribution in [1.82, 2.24) is 0 Å². The van der Waals surface area contributed by atoms with Crippen molar-refractivity contribution in [2.45, 2.75) is 38.4 Å². The predicted octanol–water partition coefficient (Wildman–Crippen LogP) is 1.14. The van der Waals surface area contributed by atoms with Gasteiger partial charge in [-0.15, -0.1) is 0 Å². The van der Waals surface area contributed by atoms with Crippen LogP contribution in [-0.2, 0) is 14.3 Å². The molecule has 0 aromatic carbocycles. The minimum Gasteiger partial charge on any atom is -0.462 e. The highest BCUT2D eigenvalue weighted by Crippen LogP contribution is 2.06. The van der Waals surface area contributed by atoms with Gasteiger partial charge in [0.15, 0.2) is 5.78 Å². The fourth-order valence-electron chi connectivity index (χ4n) is 1.36. The zero-order chi connectivity index (χ0) is 12.0. The lowest BCUT2D eigenvalue weighted by molar-refractivity contribution is -0.149. The lowest BCUT2D eigenvalue weighted by atomic mass is 10.1. The first-order valence-electron chi connectivity index (χ1n) is 5.31. The van der Waals surface area contributed by atoms with Gasteiger partial charge in [-0.05, 0) is 13.0 Å². The quantitative estimate of drug-likeness (QED) is 0.495. The second-order valence-electron chi connectivity index (χ2n) is 3.81. The molecule has 2 atom stereocenters. The molecule has 0 aromatic heterocycles. The van der Waals surface area contributed by atoms with Gasteiger partial charge in [0.05, 0.1) is 12.5 Å². The van der Waals surface area contributed by atoms with Crippen molar-refractivity contribution >= 4 is 11.8 Å². The summed E-state index contributed by atoms with van der Waals surface area (Å²) in [4.78, 5) is 22.5. The average molecular weight is 224 g/mol. The van der Waals surface area contributed by atoms with Crippen LogP contribution >= 0.6 is 0 Å². The normalized spacial score (nSPS) is 28.1. The molecule has 0 spiro atoms. The van der Waals surface area contributed by atoms with Gasteiger partial charge >= 0.3 is 5.97 Å². The first-order chi connectivity index (χ1) is 7.58. The second-order valence-corrected chi connectivity index (χ2v) is 3.81. The summed E-state index contributed by atoms with van der Waals surface area (Å²) in [7, 11) is 0. The summed E-state index contributed by atoms with van der Waals surface area (Å²) in [6.45, 7) is 1.75. The second kappa shape index (κ2) is 6.23. The van der Waals surface area contributed by atoms with Gasteiger partial charge in [0.2, 0.25) is 0 Å². The van der Waals surface area contributed by atoms with Crippen LogP contribution in [0, 0.1) is 0 Å². The molecule has 1 heterocycles. The highest BCUT2D eigenvalue weighted by atomic mass is 16.5. The number of allylic oxidation sites excluding steroid dienone is 2. The van der Waals surface area contributed by atoms with E-state index in [2.05, 4.69) is 0 Å². The van der Waals surface area contributed by atoms with Crippen molar-refractivity contribution in [3.8, 4) is 0 Å². The number of cyclic esters (lactones) is 1. The van der Waals surface area contributed by atoms with E-state index in [1.165, 1.54) is 12.2 Å². The average Bonchev–Trinajstić information content (AvgIpc) is 2.15. The summed E-state index contributed by atoms with van der Waals surface area (Å²) >= 11 is 0. The van der Waals surface area contributed by atoms with Crippen molar-refractivity contribution in [3.63, 3.8) is 0 Å². The van der Waals surface area contributed by atoms with E-state index in [1.54, 1.807) is 19.1 Å². The topological polar surface area (TPSA) is 63.6 Å². The summed E-state index contributed by atoms with van der Waals surface area (Å²) in [6, 6.07) is 0. The molecule has 16 heavy (non-hydrogen) atoms. The SMILES string of the molecule is C[C@@H]1CC=CC(=O)CC=C[C@@H](O)CC(=O)O1. The van der Waals surface area contributed by atoms with E-state index in [0.29, 0.717) is 6.42 Å². The maximum absolute atomic E-state index is 11.3. The van der Waals surface area contributed by atoms with Gasteiger partial charge in [0.25, 0.3) is 0 Å². The molecule has 0 unspecified atom stereocenters. The smallest absolute Gasteiger partial charge is 0.309 e. The van der Waals surface area contributed by atoms with Crippen LogP contribution in [0.5, 0.6) is 0 Å². The Balaban J connectivity index is 2.67. The number of carbonyl (C=O) groups is 2. The van der Waals surface area contributed by atoms with Crippen LogP contribution in [0.25, 0.3) is 0 Å². The number of hydrogen-bond donors (Lipinski definition) is 1. The molecule has 0 fully saturated rings. The largest absolute Gasteiger partial charge is 0.462 e. The highest BCUT2D eigenvalue weighted by Gasteiger charge is 2.13. The molecule has 1 rings (SSSR count). The molecule has 1 aliphatic heterocycles. The molecule has 1 N–H and O–H groups in total. The van der Waals surface area contributed by atoms with Crippen molar-refractivity contribution < 1.29 is 19.4 Å². The molecule has 0 radical (unpaired) electrons. The van der Waals surface area contributed by atoms with Gasteiger partial charge in [-0.1, -0.05) is 18.2 Å². The van der Waals surface area contributed by atoms with Crippen molar-refractivity contribution in [1.29, 1.82) is 0 Å². The van der Waals surface area contributed by atoms with E-state index >= 15 is 0 Å². The van der Waals surface area contributed by atoms with Crippen LogP contribution in [-0.4, -0.2) is 29.1 Å². The van der Waals surface area contributed by atoms with Gasteiger partial charge < -0.3 is 9.84 Å². The van der Waals surface area contributed by atoms with Crippen LogP contribution in [0.2, 0.25) is 0 Å². The fourth-order valence-corrected chi connectivity index (χ4v) is 1.36. The molecule has 4 heteroatoms. The molecular formula is C12H16O4. The lowest BCUT2D eigenvalue weighted by Gasteiger charge is -2.12. The summed E-state index contributed by atoms with van der Waals surface area (Å²) in [5, 5.41) is 9.42. The zero-order valence-corrected chi connectivity index (χ0v) is 9.26. The predicted molar refractivity (Wildman–Crippen MR) is 58.7 cm³/mol. The number of esters is 1. The van der Waals surface area contributed by atoms with Crippen molar-refractivity contribution in [3.05, 3.63) is 24.3 Å². The Hall–Kier alpha value is -1.42. The van der Waals surface area contributed by atoms with E-state index in [4.69, 9.17) is 4.74 Å². The van der Waals surface area contributed by atoms with Crippen molar-refractivity contribution in [2.75, 3.05) is 0 Å². The molecular weight excluding hydrogens is 208 g/mol. The summed E-state index contributed by atoms with van der Waals surface area (Å²) < 4.78 is 5.03. The third kappa shape index (κ3) is 4.89. The van der Waals surface area contributed by atoms with E-state index in [-0.39, 0.29) is 24.7 Å². The molecule has 1 aliphatic rings. The van der Waals surface area contributed by atoms with Crippen LogP contribution in [0.15, 0.2) is 24.3 Å². The van der Waals surface area contributed by atoms with E-state index in [0.717, 1.165) is 0 Å². The summed E-state index contributed by atoms with van der Waals surface area (Å²) in [5.41, 5.74) is 0. The first kappa shape index (κ1) is 12.6. The minimum absolute atomic E-state index is 0.0254. The number of ether oxygens (including phenoxy) is 1. The number of ketones is 1. The Bertz CT molecular complexity index is 317. The third-order valence-corrected chi connectivity index (χ3v) is 2.16. The molecule has 0 amide bonds. The van der Waals surface area contributed by atoms with Gasteiger partial charge in [-0.3, -0.25) is 9.59 Å². The molecule has 0 bridgehead atoms. The molecule has 4 nitrogen and oxygen atoms in total. The standard InChI is InChI=1S/C12H16O4/c1-9-4-2-5-10(13)6-3-7-11(14)8-12(15)16-9/h2-3,5,7,9,11,14H,4,6,8H2,1H3/t9-,11-/m1/s1. The Labute approximate surface area is 94.6 Å². The summed E-state index contributed by atoms with van der Waals surface area (Å²) in [5.74, 6) is -0.451.